The lowest BCUT2D eigenvalue weighted by Crippen LogP contribution is -2.11. The van der Waals surface area contributed by atoms with Crippen LogP contribution >= 0.6 is 0 Å². The van der Waals surface area contributed by atoms with Gasteiger partial charge in [0.15, 0.2) is 0 Å². The van der Waals surface area contributed by atoms with Crippen molar-refractivity contribution in [2.75, 3.05) is 19.8 Å². The molecule has 0 aliphatic heterocycles. The fourth-order valence-corrected chi connectivity index (χ4v) is 2.86. The molecule has 3 nitrogen and oxygen atoms in total. The average Bonchev–Trinajstić information content (AvgIpc) is 2.63. The molecule has 142 valence electrons. The third-order valence-corrected chi connectivity index (χ3v) is 4.30. The van der Waals surface area contributed by atoms with E-state index in [1.807, 2.05) is 24.3 Å². The Balaban J connectivity index is 1.99. The van der Waals surface area contributed by atoms with E-state index >= 15 is 0 Å². The van der Waals surface area contributed by atoms with Crippen LogP contribution in [0.25, 0.3) is 0 Å². The lowest BCUT2D eigenvalue weighted by atomic mass is 10.1. The Morgan fingerprint density at radius 1 is 0.840 bits per heavy atom. The van der Waals surface area contributed by atoms with Crippen LogP contribution in [0.4, 0.5) is 0 Å². The van der Waals surface area contributed by atoms with Crippen molar-refractivity contribution in [2.24, 2.45) is 0 Å². The molecule has 25 heavy (non-hydrogen) atoms. The summed E-state index contributed by atoms with van der Waals surface area (Å²) < 4.78 is 10.8. The van der Waals surface area contributed by atoms with Crippen molar-refractivity contribution in [2.45, 2.75) is 78.1 Å². The van der Waals surface area contributed by atoms with E-state index < -0.39 is 0 Å². The first-order chi connectivity index (χ1) is 12.3. The maximum absolute atomic E-state index is 12.0. The molecule has 0 atom stereocenters. The van der Waals surface area contributed by atoms with Crippen LogP contribution in [0, 0.1) is 0 Å². The Labute approximate surface area is 154 Å². The summed E-state index contributed by atoms with van der Waals surface area (Å²) in [7, 11) is 0. The average molecular weight is 349 g/mol. The molecule has 0 N–H and O–H groups in total. The first kappa shape index (κ1) is 21.7. The second-order valence-corrected chi connectivity index (χ2v) is 6.67. The minimum Gasteiger partial charge on any atom is -0.460 e. The van der Waals surface area contributed by atoms with Gasteiger partial charge >= 0.3 is 5.97 Å². The molecule has 0 heterocycles. The van der Waals surface area contributed by atoms with Gasteiger partial charge in [-0.2, -0.15) is 0 Å². The molecule has 0 aliphatic carbocycles. The van der Waals surface area contributed by atoms with Crippen LogP contribution in [-0.2, 0) is 15.9 Å². The summed E-state index contributed by atoms with van der Waals surface area (Å²) in [6, 6.07) is 7.70. The van der Waals surface area contributed by atoms with Crippen LogP contribution in [0.1, 0.15) is 87.6 Å². The largest absolute Gasteiger partial charge is 0.460 e. The lowest BCUT2D eigenvalue weighted by molar-refractivity contribution is 0.0312. The number of benzene rings is 1. The van der Waals surface area contributed by atoms with E-state index in [-0.39, 0.29) is 5.97 Å². The van der Waals surface area contributed by atoms with E-state index in [4.69, 9.17) is 9.47 Å². The van der Waals surface area contributed by atoms with Gasteiger partial charge in [0, 0.05) is 6.61 Å². The first-order valence-corrected chi connectivity index (χ1v) is 10.1. The minimum atomic E-state index is -0.256. The number of rotatable bonds is 15. The predicted octanol–water partition coefficient (Wildman–Crippen LogP) is 5.95. The summed E-state index contributed by atoms with van der Waals surface area (Å²) >= 11 is 0. The molecule has 0 bridgehead atoms. The van der Waals surface area contributed by atoms with Gasteiger partial charge in [-0.25, -0.2) is 4.79 Å². The summed E-state index contributed by atoms with van der Waals surface area (Å²) in [5, 5.41) is 0. The molecule has 3 heteroatoms. The zero-order valence-corrected chi connectivity index (χ0v) is 16.2. The van der Waals surface area contributed by atoms with Crippen molar-refractivity contribution in [1.82, 2.24) is 0 Å². The second kappa shape index (κ2) is 14.9. The van der Waals surface area contributed by atoms with E-state index in [0.29, 0.717) is 18.8 Å². The predicted molar refractivity (Wildman–Crippen MR) is 104 cm³/mol. The Morgan fingerprint density at radius 2 is 1.56 bits per heavy atom. The number of ether oxygens (including phenoxy) is 2. The number of aryl methyl sites for hydroxylation is 1. The van der Waals surface area contributed by atoms with Gasteiger partial charge < -0.3 is 9.47 Å². The SMILES string of the molecule is CCCCCCCCCCOCCOC(=O)c1cccc(CCC)c1. The maximum atomic E-state index is 12.0. The zero-order chi connectivity index (χ0) is 18.2. The summed E-state index contributed by atoms with van der Waals surface area (Å²) in [6.45, 7) is 5.95. The molecule has 0 radical (unpaired) electrons. The summed E-state index contributed by atoms with van der Waals surface area (Å²) in [5.41, 5.74) is 1.82. The van der Waals surface area contributed by atoms with Gasteiger partial charge in [0.05, 0.1) is 12.2 Å². The van der Waals surface area contributed by atoms with Gasteiger partial charge in [0.2, 0.25) is 0 Å². The van der Waals surface area contributed by atoms with Crippen molar-refractivity contribution in [3.8, 4) is 0 Å². The van der Waals surface area contributed by atoms with E-state index in [2.05, 4.69) is 13.8 Å². The molecule has 0 fully saturated rings. The molecular formula is C22H36O3. The highest BCUT2D eigenvalue weighted by atomic mass is 16.6. The van der Waals surface area contributed by atoms with Gasteiger partial charge in [0.1, 0.15) is 6.61 Å². The molecule has 0 saturated heterocycles. The van der Waals surface area contributed by atoms with E-state index in [0.717, 1.165) is 25.9 Å². The number of esters is 1. The topological polar surface area (TPSA) is 35.5 Å². The molecule has 1 rings (SSSR count). The summed E-state index contributed by atoms with van der Waals surface area (Å²) in [4.78, 5) is 12.0. The quantitative estimate of drug-likeness (QED) is 0.290. The smallest absolute Gasteiger partial charge is 0.338 e. The van der Waals surface area contributed by atoms with Crippen molar-refractivity contribution >= 4 is 5.97 Å². The Hall–Kier alpha value is -1.35. The van der Waals surface area contributed by atoms with Crippen LogP contribution < -0.4 is 0 Å². The Bertz CT molecular complexity index is 456. The number of hydrogen-bond donors (Lipinski definition) is 0. The van der Waals surface area contributed by atoms with Crippen LogP contribution in [-0.4, -0.2) is 25.8 Å². The van der Waals surface area contributed by atoms with E-state index in [9.17, 15) is 4.79 Å². The number of carbonyl (C=O) groups is 1. The Kier molecular flexibility index (Phi) is 13.0. The zero-order valence-electron chi connectivity index (χ0n) is 16.2. The monoisotopic (exact) mass is 348 g/mol. The number of unbranched alkanes of at least 4 members (excludes halogenated alkanes) is 7. The highest BCUT2D eigenvalue weighted by molar-refractivity contribution is 5.89. The van der Waals surface area contributed by atoms with Gasteiger partial charge in [-0.3, -0.25) is 0 Å². The van der Waals surface area contributed by atoms with Gasteiger partial charge in [-0.15, -0.1) is 0 Å². The van der Waals surface area contributed by atoms with Crippen molar-refractivity contribution < 1.29 is 14.3 Å². The molecule has 0 spiro atoms. The fourth-order valence-electron chi connectivity index (χ4n) is 2.86. The molecule has 1 aromatic rings. The minimum absolute atomic E-state index is 0.256. The van der Waals surface area contributed by atoms with Crippen LogP contribution in [0.2, 0.25) is 0 Å². The van der Waals surface area contributed by atoms with Gasteiger partial charge in [-0.05, 0) is 30.5 Å². The molecular weight excluding hydrogens is 312 g/mol. The van der Waals surface area contributed by atoms with Gasteiger partial charge in [0.25, 0.3) is 0 Å². The van der Waals surface area contributed by atoms with Crippen molar-refractivity contribution in [3.05, 3.63) is 35.4 Å². The molecule has 0 saturated carbocycles. The Morgan fingerprint density at radius 3 is 2.28 bits per heavy atom. The number of carbonyl (C=O) groups excluding carboxylic acids is 1. The first-order valence-electron chi connectivity index (χ1n) is 10.1. The third kappa shape index (κ3) is 11.0. The van der Waals surface area contributed by atoms with Crippen LogP contribution in [0.3, 0.4) is 0 Å². The van der Waals surface area contributed by atoms with E-state index in [1.54, 1.807) is 0 Å². The third-order valence-electron chi connectivity index (χ3n) is 4.30. The highest BCUT2D eigenvalue weighted by Crippen LogP contribution is 2.10. The normalized spacial score (nSPS) is 10.8. The van der Waals surface area contributed by atoms with Crippen molar-refractivity contribution in [1.29, 1.82) is 0 Å². The van der Waals surface area contributed by atoms with Gasteiger partial charge in [-0.1, -0.05) is 77.3 Å². The molecule has 1 aromatic carbocycles. The van der Waals surface area contributed by atoms with Crippen molar-refractivity contribution in [3.63, 3.8) is 0 Å². The molecule has 0 aromatic heterocycles. The van der Waals surface area contributed by atoms with Crippen LogP contribution in [0.5, 0.6) is 0 Å². The van der Waals surface area contributed by atoms with E-state index in [1.165, 1.54) is 50.5 Å². The standard InChI is InChI=1S/C22H36O3/c1-3-5-6-7-8-9-10-11-16-24-17-18-25-22(23)21-15-12-14-20(19-21)13-4-2/h12,14-15,19H,3-11,13,16-18H2,1-2H3. The van der Waals surface area contributed by atoms with Crippen LogP contribution in [0.15, 0.2) is 24.3 Å². The summed E-state index contributed by atoms with van der Waals surface area (Å²) in [6.07, 6.45) is 12.5. The maximum Gasteiger partial charge on any atom is 0.338 e. The molecule has 0 unspecified atom stereocenters. The molecule has 0 aliphatic rings. The second-order valence-electron chi connectivity index (χ2n) is 6.67. The lowest BCUT2D eigenvalue weighted by Gasteiger charge is -2.07. The fraction of sp³-hybridized carbons (Fsp3) is 0.682. The highest BCUT2D eigenvalue weighted by Gasteiger charge is 2.07. The summed E-state index contributed by atoms with van der Waals surface area (Å²) in [5.74, 6) is -0.256. The molecule has 0 amide bonds. The number of hydrogen-bond acceptors (Lipinski definition) is 3.